The molecule has 0 aliphatic carbocycles. The highest BCUT2D eigenvalue weighted by Crippen LogP contribution is 2.44. The Labute approximate surface area is 547 Å². The number of aliphatic hydroxyl groups is 4. The number of imidazole rings is 1. The number of fused-ring (bicyclic) bond motifs is 1. The van der Waals surface area contributed by atoms with Crippen LogP contribution in [0.15, 0.2) is 194 Å². The van der Waals surface area contributed by atoms with Gasteiger partial charge in [0.1, 0.15) is 71.0 Å². The van der Waals surface area contributed by atoms with Crippen LogP contribution in [0.25, 0.3) is 11.2 Å². The molecule has 2 fully saturated rings. The van der Waals surface area contributed by atoms with Crippen LogP contribution in [0.3, 0.4) is 0 Å². The summed E-state index contributed by atoms with van der Waals surface area (Å²) in [5.74, 6) is 1.99. The van der Waals surface area contributed by atoms with Crippen LogP contribution in [-0.2, 0) is 31.7 Å². The molecule has 1 amide bonds. The third kappa shape index (κ3) is 14.1. The van der Waals surface area contributed by atoms with Gasteiger partial charge in [-0.3, -0.25) is 9.13 Å². The maximum Gasteiger partial charge on any atom is 0.407 e. The zero-order valence-electron chi connectivity index (χ0n) is 54.2. The fourth-order valence-corrected chi connectivity index (χ4v) is 12.8. The van der Waals surface area contributed by atoms with Crippen LogP contribution in [0, 0.1) is 5.41 Å². The lowest BCUT2D eigenvalue weighted by molar-refractivity contribution is -0.0460. The molecule has 11 rings (SSSR count). The van der Waals surface area contributed by atoms with E-state index in [9.17, 15) is 30.0 Å². The van der Waals surface area contributed by atoms with Gasteiger partial charge in [0.15, 0.2) is 23.2 Å². The summed E-state index contributed by atoms with van der Waals surface area (Å²) in [5.41, 5.74) is 2.46. The molecule has 0 spiro atoms. The minimum atomic E-state index is -1.46. The number of rotatable bonds is 24. The smallest absolute Gasteiger partial charge is 0.407 e. The van der Waals surface area contributed by atoms with Crippen molar-refractivity contribution in [3.8, 4) is 11.5 Å². The van der Waals surface area contributed by atoms with Crippen molar-refractivity contribution in [2.24, 2.45) is 5.41 Å². The highest BCUT2D eigenvalue weighted by atomic mass is 16.6. The minimum absolute atomic E-state index is 0.0239. The predicted octanol–water partition coefficient (Wildman–Crippen LogP) is 9.34. The van der Waals surface area contributed by atoms with Crippen molar-refractivity contribution >= 4 is 28.9 Å². The van der Waals surface area contributed by atoms with Gasteiger partial charge in [0.05, 0.1) is 33.3 Å². The van der Waals surface area contributed by atoms with Gasteiger partial charge in [-0.05, 0) is 96.7 Å². The van der Waals surface area contributed by atoms with Gasteiger partial charge >= 0.3 is 11.8 Å². The number of aromatic nitrogens is 6. The first kappa shape index (κ1) is 66.4. The first-order valence-electron chi connectivity index (χ1n) is 31.8. The first-order chi connectivity index (χ1) is 45.2. The lowest BCUT2D eigenvalue weighted by Crippen LogP contribution is -2.48. The number of carbonyl (C=O) groups is 1. The fourth-order valence-electron chi connectivity index (χ4n) is 12.8. The summed E-state index contributed by atoms with van der Waals surface area (Å²) in [7, 11) is 3.24. The molecule has 0 radical (unpaired) electrons. The fraction of sp³-hybridized carbons (Fsp3) is 0.370. The second-order valence-corrected chi connectivity index (χ2v) is 26.1. The number of amides is 1. The van der Waals surface area contributed by atoms with Gasteiger partial charge < -0.3 is 65.0 Å². The summed E-state index contributed by atoms with van der Waals surface area (Å²) >= 11 is 0. The van der Waals surface area contributed by atoms with E-state index in [0.717, 1.165) is 33.4 Å². The molecule has 2 saturated heterocycles. The molecular formula is C73H84N10O11. The Morgan fingerprint density at radius 2 is 1.15 bits per heavy atom. The summed E-state index contributed by atoms with van der Waals surface area (Å²) in [5, 5.41) is 56.5. The Morgan fingerprint density at radius 1 is 0.638 bits per heavy atom. The van der Waals surface area contributed by atoms with E-state index in [1.54, 1.807) is 25.0 Å². The highest BCUT2D eigenvalue weighted by Gasteiger charge is 2.46. The third-order valence-corrected chi connectivity index (χ3v) is 17.8. The Hall–Kier alpha value is -9.06. The maximum atomic E-state index is 14.7. The number of benzene rings is 6. The number of ether oxygens (including phenoxy) is 5. The third-order valence-electron chi connectivity index (χ3n) is 17.8. The largest absolute Gasteiger partial charge is 0.497 e. The molecule has 5 heterocycles. The molecule has 7 N–H and O–H groups in total. The van der Waals surface area contributed by atoms with Crippen molar-refractivity contribution in [1.82, 2.24) is 39.3 Å². The van der Waals surface area contributed by atoms with Crippen molar-refractivity contribution in [3.05, 3.63) is 238 Å². The van der Waals surface area contributed by atoms with Crippen LogP contribution < -0.4 is 31.1 Å². The monoisotopic (exact) mass is 1280 g/mol. The van der Waals surface area contributed by atoms with Crippen molar-refractivity contribution in [2.45, 2.75) is 127 Å². The average molecular weight is 1280 g/mol. The molecular weight excluding hydrogens is 1190 g/mol. The average Bonchev–Trinajstić information content (AvgIpc) is 0.790. The molecule has 0 unspecified atom stereocenters. The van der Waals surface area contributed by atoms with Gasteiger partial charge in [-0.1, -0.05) is 166 Å². The second kappa shape index (κ2) is 28.3. The molecule has 21 heteroatoms. The van der Waals surface area contributed by atoms with Crippen molar-refractivity contribution in [3.63, 3.8) is 0 Å². The number of methoxy groups -OCH3 is 2. The van der Waals surface area contributed by atoms with E-state index in [-0.39, 0.29) is 31.7 Å². The normalized spacial score (nSPS) is 19.6. The predicted molar refractivity (Wildman–Crippen MR) is 358 cm³/mol. The molecule has 2 aliphatic heterocycles. The summed E-state index contributed by atoms with van der Waals surface area (Å²) in [6, 6.07) is 55.0. The van der Waals surface area contributed by atoms with Crippen molar-refractivity contribution in [1.29, 1.82) is 0 Å². The van der Waals surface area contributed by atoms with E-state index < -0.39 is 89.5 Å². The standard InChI is InChI=1S/C73H84N10O11/c1-70(2,3)59(77-69(89)94-71(4,5)6)38-40-81(39-37-47-42-82(60-41-56(85)58(44-84)92-60)68(88)78-64(47)79-72(48-21-13-9-14-22-48,49-23-15-10-16-24-49)52-29-33-54(90-7)34-30-52)43-57-62(86)63(87)67(93-57)83-46-76-61-65(74-45-75-66(61)83)80-73(50-25-17-11-18-26-50,51-27-19-12-20-28-51)53-31-35-55(91-8)36-32-53/h9-36,42,45-46,56-60,62-63,67,84-87H,37-41,43-44H2,1-8H3,(H,77,89)(H,74,75,80)(H,78,79,88)/t56-,57+,58+,59-,60+,62+,63+,67+/m0/s1. The van der Waals surface area contributed by atoms with Crippen molar-refractivity contribution in [2.75, 3.05) is 51.1 Å². The number of aliphatic hydroxyl groups excluding tert-OH is 4. The number of hydrogen-bond acceptors (Lipinski definition) is 18. The highest BCUT2D eigenvalue weighted by molar-refractivity contribution is 5.84. The minimum Gasteiger partial charge on any atom is -0.497 e. The van der Waals surface area contributed by atoms with E-state index in [2.05, 4.69) is 45.1 Å². The zero-order valence-corrected chi connectivity index (χ0v) is 54.2. The molecule has 9 aromatic rings. The summed E-state index contributed by atoms with van der Waals surface area (Å²) in [6.07, 6.45) is -3.26. The number of alkyl carbamates (subject to hydrolysis) is 1. The summed E-state index contributed by atoms with van der Waals surface area (Å²) < 4.78 is 32.9. The van der Waals surface area contributed by atoms with Crippen LogP contribution in [0.1, 0.15) is 106 Å². The Balaban J connectivity index is 0.964. The van der Waals surface area contributed by atoms with E-state index >= 15 is 0 Å². The van der Waals surface area contributed by atoms with Gasteiger partial charge in [-0.15, -0.1) is 0 Å². The van der Waals surface area contributed by atoms with E-state index in [1.165, 1.54) is 17.2 Å². The van der Waals surface area contributed by atoms with Gasteiger partial charge in [-0.2, -0.15) is 4.98 Å². The van der Waals surface area contributed by atoms with Gasteiger partial charge in [0.2, 0.25) is 0 Å². The number of anilines is 2. The number of hydrogen-bond donors (Lipinski definition) is 7. The Morgan fingerprint density at radius 3 is 1.63 bits per heavy atom. The molecule has 0 bridgehead atoms. The number of nitrogens with zero attached hydrogens (tertiary/aromatic N) is 7. The molecule has 3 aromatic heterocycles. The first-order valence-corrected chi connectivity index (χ1v) is 31.8. The van der Waals surface area contributed by atoms with Crippen LogP contribution in [0.5, 0.6) is 11.5 Å². The zero-order chi connectivity index (χ0) is 66.4. The topological polar surface area (TPSA) is 262 Å². The molecule has 0 saturated carbocycles. The van der Waals surface area contributed by atoms with E-state index in [0.29, 0.717) is 47.0 Å². The van der Waals surface area contributed by atoms with Gasteiger partial charge in [-0.25, -0.2) is 24.5 Å². The van der Waals surface area contributed by atoms with Crippen LogP contribution in [-0.4, -0.2) is 143 Å². The SMILES string of the molecule is COc1ccc(C(Nc2nc(=O)n([C@H]3C[C@H](O)[C@@H](CO)O3)cc2CCN(CC[C@H](NC(=O)OC(C)(C)C)C(C)(C)C)C[C@H]2O[C@@H](n3cnc4c(NC(c5ccccc5)(c5ccccc5)c5ccc(OC)cc5)ncnc43)[C@H](O)[C@@H]2O)(c2ccccc2)c2ccccc2)cc1. The maximum absolute atomic E-state index is 14.7. The molecule has 2 aliphatic rings. The Bertz CT molecular complexity index is 3940. The second-order valence-electron chi connectivity index (χ2n) is 26.1. The molecule has 6 aromatic carbocycles. The Kier molecular flexibility index (Phi) is 20.0. The lowest BCUT2D eigenvalue weighted by atomic mass is 9.77. The van der Waals surface area contributed by atoms with Crippen LogP contribution in [0.4, 0.5) is 16.4 Å². The molecule has 94 heavy (non-hydrogen) atoms. The van der Waals surface area contributed by atoms with E-state index in [4.69, 9.17) is 43.6 Å². The number of carbonyl (C=O) groups excluding carboxylic acids is 1. The van der Waals surface area contributed by atoms with Gasteiger partial charge in [0, 0.05) is 43.9 Å². The van der Waals surface area contributed by atoms with E-state index in [1.807, 2.05) is 187 Å². The van der Waals surface area contributed by atoms with Crippen LogP contribution in [0.2, 0.25) is 0 Å². The summed E-state index contributed by atoms with van der Waals surface area (Å²) in [4.78, 5) is 49.6. The summed E-state index contributed by atoms with van der Waals surface area (Å²) in [6.45, 7) is 11.7. The molecule has 21 nitrogen and oxygen atoms in total. The quantitative estimate of drug-likeness (QED) is 0.0278. The lowest BCUT2D eigenvalue weighted by Gasteiger charge is -2.38. The molecule has 492 valence electrons. The van der Waals surface area contributed by atoms with Gasteiger partial charge in [0.25, 0.3) is 0 Å². The number of nitrogens with one attached hydrogen (secondary N) is 3. The van der Waals surface area contributed by atoms with Crippen molar-refractivity contribution < 1.29 is 48.9 Å². The molecule has 8 atom stereocenters. The van der Waals surface area contributed by atoms with Crippen LogP contribution >= 0.6 is 0 Å².